The monoisotopic (exact) mass is 434 g/mol. The third-order valence-corrected chi connectivity index (χ3v) is 4.89. The van der Waals surface area contributed by atoms with Crippen LogP contribution < -0.4 is 5.32 Å². The molecule has 1 atom stereocenters. The van der Waals surface area contributed by atoms with Crippen molar-refractivity contribution in [1.29, 1.82) is 0 Å². The van der Waals surface area contributed by atoms with Crippen molar-refractivity contribution in [2.45, 2.75) is 33.9 Å². The van der Waals surface area contributed by atoms with E-state index in [9.17, 15) is 19.3 Å². The molecule has 158 valence electrons. The van der Waals surface area contributed by atoms with Crippen LogP contribution >= 0.6 is 11.6 Å². The molecule has 1 unspecified atom stereocenters. The summed E-state index contributed by atoms with van der Waals surface area (Å²) in [5.74, 6) is -1.07. The molecule has 0 spiro atoms. The number of aromatic nitrogens is 4. The fraction of sp³-hybridized carbons (Fsp3) is 0.316. The van der Waals surface area contributed by atoms with Gasteiger partial charge in [0, 0.05) is 6.20 Å². The Morgan fingerprint density at radius 2 is 2.10 bits per heavy atom. The van der Waals surface area contributed by atoms with Gasteiger partial charge in [-0.15, -0.1) is 0 Å². The summed E-state index contributed by atoms with van der Waals surface area (Å²) in [6, 6.07) is 6.10. The highest BCUT2D eigenvalue weighted by Crippen LogP contribution is 2.24. The van der Waals surface area contributed by atoms with Crippen LogP contribution in [0.3, 0.4) is 0 Å². The summed E-state index contributed by atoms with van der Waals surface area (Å²) < 4.78 is 16.3. The van der Waals surface area contributed by atoms with Gasteiger partial charge >= 0.3 is 5.69 Å². The molecule has 0 bridgehead atoms. The van der Waals surface area contributed by atoms with Gasteiger partial charge in [-0.05, 0) is 31.5 Å². The Bertz CT molecular complexity index is 1110. The Balaban J connectivity index is 1.68. The first-order valence-electron chi connectivity index (χ1n) is 9.12. The molecule has 0 saturated heterocycles. The molecule has 2 aromatic heterocycles. The van der Waals surface area contributed by atoms with Crippen LogP contribution in [0.5, 0.6) is 0 Å². The second-order valence-corrected chi connectivity index (χ2v) is 7.41. The highest BCUT2D eigenvalue weighted by atomic mass is 35.5. The first-order valence-corrected chi connectivity index (χ1v) is 9.50. The van der Waals surface area contributed by atoms with E-state index in [1.54, 1.807) is 32.9 Å². The van der Waals surface area contributed by atoms with Crippen LogP contribution in [0.1, 0.15) is 23.9 Å². The molecule has 3 aromatic rings. The Morgan fingerprint density at radius 1 is 1.37 bits per heavy atom. The van der Waals surface area contributed by atoms with Gasteiger partial charge in [-0.1, -0.05) is 30.7 Å². The average molecular weight is 435 g/mol. The third kappa shape index (κ3) is 4.65. The Kier molecular flexibility index (Phi) is 6.16. The van der Waals surface area contributed by atoms with Gasteiger partial charge in [-0.2, -0.15) is 10.2 Å². The highest BCUT2D eigenvalue weighted by molar-refractivity contribution is 6.33. The van der Waals surface area contributed by atoms with E-state index in [1.807, 2.05) is 0 Å². The van der Waals surface area contributed by atoms with Gasteiger partial charge in [0.1, 0.15) is 22.2 Å². The molecule has 0 aliphatic heterocycles. The van der Waals surface area contributed by atoms with Crippen molar-refractivity contribution in [3.63, 3.8) is 0 Å². The van der Waals surface area contributed by atoms with Crippen molar-refractivity contribution < 1.29 is 14.1 Å². The van der Waals surface area contributed by atoms with E-state index in [4.69, 9.17) is 11.6 Å². The maximum Gasteiger partial charge on any atom is 0.312 e. The number of carbonyl (C=O) groups excluding carboxylic acids is 1. The van der Waals surface area contributed by atoms with Gasteiger partial charge in [-0.3, -0.25) is 24.3 Å². The van der Waals surface area contributed by atoms with E-state index in [2.05, 4.69) is 15.5 Å². The van der Waals surface area contributed by atoms with Crippen LogP contribution in [0.15, 0.2) is 30.5 Å². The molecule has 0 saturated carbocycles. The number of aryl methyl sites for hydroxylation is 1. The molecule has 9 nitrogen and oxygen atoms in total. The highest BCUT2D eigenvalue weighted by Gasteiger charge is 2.24. The van der Waals surface area contributed by atoms with Gasteiger partial charge < -0.3 is 5.32 Å². The summed E-state index contributed by atoms with van der Waals surface area (Å²) in [5, 5.41) is 22.4. The number of carbonyl (C=O) groups is 1. The molecule has 1 aromatic carbocycles. The fourth-order valence-electron chi connectivity index (χ4n) is 3.10. The average Bonchev–Trinajstić information content (AvgIpc) is 3.13. The lowest BCUT2D eigenvalue weighted by Crippen LogP contribution is -2.25. The lowest BCUT2D eigenvalue weighted by molar-refractivity contribution is -0.386. The van der Waals surface area contributed by atoms with Crippen LogP contribution in [0.4, 0.5) is 15.9 Å². The quantitative estimate of drug-likeness (QED) is 0.450. The van der Waals surface area contributed by atoms with Crippen molar-refractivity contribution >= 4 is 29.0 Å². The second kappa shape index (κ2) is 8.62. The summed E-state index contributed by atoms with van der Waals surface area (Å²) in [6.07, 6.45) is 1.54. The first kappa shape index (κ1) is 21.4. The summed E-state index contributed by atoms with van der Waals surface area (Å²) in [5.41, 5.74) is 1.33. The third-order valence-electron chi connectivity index (χ3n) is 4.61. The molecule has 30 heavy (non-hydrogen) atoms. The minimum atomic E-state index is -0.549. The van der Waals surface area contributed by atoms with Gasteiger partial charge in [0.05, 0.1) is 23.9 Å². The van der Waals surface area contributed by atoms with Gasteiger partial charge in [0.15, 0.2) is 5.82 Å². The largest absolute Gasteiger partial charge is 0.312 e. The molecule has 0 aliphatic rings. The van der Waals surface area contributed by atoms with Crippen molar-refractivity contribution in [3.8, 4) is 0 Å². The lowest BCUT2D eigenvalue weighted by Gasteiger charge is -2.12. The minimum Gasteiger partial charge on any atom is -0.308 e. The van der Waals surface area contributed by atoms with Gasteiger partial charge in [0.25, 0.3) is 0 Å². The molecule has 0 radical (unpaired) electrons. The summed E-state index contributed by atoms with van der Waals surface area (Å²) in [6.45, 7) is 5.27. The van der Waals surface area contributed by atoms with E-state index >= 15 is 0 Å². The van der Waals surface area contributed by atoms with E-state index in [-0.39, 0.29) is 34.8 Å². The van der Waals surface area contributed by atoms with Gasteiger partial charge in [0.2, 0.25) is 5.91 Å². The number of hydrogen-bond acceptors (Lipinski definition) is 5. The van der Waals surface area contributed by atoms with Crippen LogP contribution in [-0.2, 0) is 17.9 Å². The Morgan fingerprint density at radius 3 is 2.73 bits per heavy atom. The zero-order chi connectivity index (χ0) is 22.0. The van der Waals surface area contributed by atoms with E-state index in [1.165, 1.54) is 27.7 Å². The van der Waals surface area contributed by atoms with Crippen molar-refractivity contribution in [1.82, 2.24) is 19.6 Å². The number of halogens is 2. The van der Waals surface area contributed by atoms with E-state index < -0.39 is 10.8 Å². The summed E-state index contributed by atoms with van der Waals surface area (Å²) in [7, 11) is 0. The normalized spacial score (nSPS) is 12.0. The SMILES string of the molecule is Cc1nn(CC(C)C(=O)Nc2nn(Cc3cccc(F)c3)cc2Cl)c(C)c1[N+](=O)[O-]. The molecule has 0 aliphatic carbocycles. The molecule has 0 fully saturated rings. The molecule has 1 N–H and O–H groups in total. The Hall–Kier alpha value is -3.27. The fourth-order valence-corrected chi connectivity index (χ4v) is 3.29. The minimum absolute atomic E-state index is 0.0539. The molecular formula is C19H20ClFN6O3. The molecule has 1 amide bonds. The molecule has 11 heteroatoms. The maximum absolute atomic E-state index is 13.3. The smallest absolute Gasteiger partial charge is 0.308 e. The number of hydrogen-bond donors (Lipinski definition) is 1. The van der Waals surface area contributed by atoms with E-state index in [0.717, 1.165) is 0 Å². The number of nitrogens with zero attached hydrogens (tertiary/aromatic N) is 5. The van der Waals surface area contributed by atoms with Crippen LogP contribution in [0, 0.1) is 35.7 Å². The van der Waals surface area contributed by atoms with Crippen molar-refractivity contribution in [2.24, 2.45) is 5.92 Å². The zero-order valence-electron chi connectivity index (χ0n) is 16.6. The van der Waals surface area contributed by atoms with Crippen LogP contribution in [0.2, 0.25) is 5.02 Å². The lowest BCUT2D eigenvalue weighted by atomic mass is 10.1. The number of amides is 1. The van der Waals surface area contributed by atoms with E-state index in [0.29, 0.717) is 23.5 Å². The number of anilines is 1. The number of nitro groups is 1. The summed E-state index contributed by atoms with van der Waals surface area (Å²) >= 11 is 6.17. The van der Waals surface area contributed by atoms with Crippen molar-refractivity contribution in [2.75, 3.05) is 5.32 Å². The standard InChI is InChI=1S/C19H20ClFN6O3/c1-11(8-26-13(3)17(27(29)30)12(2)23-26)19(28)22-18-16(20)10-25(24-18)9-14-5-4-6-15(21)7-14/h4-7,10-11H,8-9H2,1-3H3,(H,22,24,28). The van der Waals surface area contributed by atoms with Crippen LogP contribution in [0.25, 0.3) is 0 Å². The first-order chi connectivity index (χ1) is 14.2. The van der Waals surface area contributed by atoms with Crippen molar-refractivity contribution in [3.05, 3.63) is 68.4 Å². The number of nitrogens with one attached hydrogen (secondary N) is 1. The number of benzene rings is 1. The Labute approximate surface area is 176 Å². The van der Waals surface area contributed by atoms with Crippen LogP contribution in [-0.4, -0.2) is 30.4 Å². The summed E-state index contributed by atoms with van der Waals surface area (Å²) in [4.78, 5) is 23.2. The van der Waals surface area contributed by atoms with Gasteiger partial charge in [-0.25, -0.2) is 4.39 Å². The molecular weight excluding hydrogens is 415 g/mol. The zero-order valence-corrected chi connectivity index (χ0v) is 17.4. The molecule has 3 rings (SSSR count). The second-order valence-electron chi connectivity index (χ2n) is 7.00. The predicted molar refractivity (Wildman–Crippen MR) is 109 cm³/mol. The topological polar surface area (TPSA) is 108 Å². The maximum atomic E-state index is 13.3. The number of rotatable bonds is 7. The predicted octanol–water partition coefficient (Wildman–Crippen LogP) is 3.72. The molecule has 2 heterocycles.